The monoisotopic (exact) mass is 217 g/mol. The van der Waals surface area contributed by atoms with Crippen molar-refractivity contribution in [3.63, 3.8) is 0 Å². The van der Waals surface area contributed by atoms with E-state index < -0.39 is 0 Å². The summed E-state index contributed by atoms with van der Waals surface area (Å²) in [7, 11) is 0. The summed E-state index contributed by atoms with van der Waals surface area (Å²) >= 11 is 0. The van der Waals surface area contributed by atoms with Crippen LogP contribution in [-0.4, -0.2) is 24.5 Å². The third-order valence-electron chi connectivity index (χ3n) is 3.63. The van der Waals surface area contributed by atoms with E-state index >= 15 is 0 Å². The van der Waals surface area contributed by atoms with Crippen LogP contribution in [0, 0.1) is 19.8 Å². The van der Waals surface area contributed by atoms with Crippen molar-refractivity contribution in [2.24, 2.45) is 5.92 Å². The molecular weight excluding hydrogens is 194 g/mol. The van der Waals surface area contributed by atoms with Crippen molar-refractivity contribution in [2.45, 2.75) is 33.1 Å². The molecule has 2 aliphatic rings. The highest BCUT2D eigenvalue weighted by atomic mass is 15.1. The molecule has 3 rings (SSSR count). The minimum Gasteiger partial charge on any atom is -0.303 e. The Morgan fingerprint density at radius 2 is 1.81 bits per heavy atom. The van der Waals surface area contributed by atoms with Crippen molar-refractivity contribution >= 4 is 0 Å². The number of fused-ring (bicyclic) bond motifs is 2. The van der Waals surface area contributed by atoms with Gasteiger partial charge >= 0.3 is 0 Å². The molecule has 2 atom stereocenters. The van der Waals surface area contributed by atoms with Crippen LogP contribution in [0.3, 0.4) is 0 Å². The largest absolute Gasteiger partial charge is 0.303 e. The van der Waals surface area contributed by atoms with Crippen molar-refractivity contribution in [3.8, 4) is 0 Å². The number of benzene rings is 1. The predicted octanol–water partition coefficient (Wildman–Crippen LogP) is 3.41. The van der Waals surface area contributed by atoms with Gasteiger partial charge in [-0.25, -0.2) is 0 Å². The highest BCUT2D eigenvalue weighted by Crippen LogP contribution is 2.25. The maximum atomic E-state index is 2.59. The van der Waals surface area contributed by atoms with E-state index in [0.717, 1.165) is 5.92 Å². The Morgan fingerprint density at radius 3 is 2.31 bits per heavy atom. The normalized spacial score (nSPS) is 27.1. The van der Waals surface area contributed by atoms with E-state index in [4.69, 9.17) is 0 Å². The number of rotatable bonds is 0. The maximum absolute atomic E-state index is 2.59. The Labute approximate surface area is 99.5 Å². The second-order valence-corrected chi connectivity index (χ2v) is 5.26. The Balaban J connectivity index is 0.000000120. The summed E-state index contributed by atoms with van der Waals surface area (Å²) in [5.74, 6) is 1.09. The first kappa shape index (κ1) is 11.7. The summed E-state index contributed by atoms with van der Waals surface area (Å²) in [6.45, 7) is 8.40. The van der Waals surface area contributed by atoms with Crippen LogP contribution in [0.2, 0.25) is 0 Å². The highest BCUT2D eigenvalue weighted by Gasteiger charge is 2.25. The summed E-state index contributed by atoms with van der Waals surface area (Å²) in [5, 5.41) is 0. The molecule has 1 aromatic rings. The minimum absolute atomic E-state index is 1.09. The fraction of sp³-hybridized carbons (Fsp3) is 0.600. The third-order valence-corrected chi connectivity index (χ3v) is 3.63. The van der Waals surface area contributed by atoms with Gasteiger partial charge in [-0.1, -0.05) is 35.4 Å². The summed E-state index contributed by atoms with van der Waals surface area (Å²) in [4.78, 5) is 2.59. The van der Waals surface area contributed by atoms with Gasteiger partial charge in [0.05, 0.1) is 0 Å². The average Bonchev–Trinajstić information content (AvgIpc) is 2.58. The fourth-order valence-corrected chi connectivity index (χ4v) is 2.76. The van der Waals surface area contributed by atoms with Crippen LogP contribution in [0.25, 0.3) is 0 Å². The molecule has 0 aromatic heterocycles. The second-order valence-electron chi connectivity index (χ2n) is 5.26. The smallest absolute Gasteiger partial charge is 0.00101 e. The molecule has 2 aliphatic heterocycles. The van der Waals surface area contributed by atoms with E-state index in [1.54, 1.807) is 0 Å². The number of aryl methyl sites for hydroxylation is 2. The van der Waals surface area contributed by atoms with Gasteiger partial charge in [-0.05, 0) is 52.1 Å². The molecule has 1 aromatic carbocycles. The van der Waals surface area contributed by atoms with Gasteiger partial charge in [0, 0.05) is 6.54 Å². The summed E-state index contributed by atoms with van der Waals surface area (Å²) < 4.78 is 0. The molecule has 2 heterocycles. The quantitative estimate of drug-likeness (QED) is 0.644. The van der Waals surface area contributed by atoms with Gasteiger partial charge in [0.2, 0.25) is 0 Å². The Kier molecular flexibility index (Phi) is 4.00. The van der Waals surface area contributed by atoms with Crippen LogP contribution in [0.15, 0.2) is 24.3 Å². The maximum Gasteiger partial charge on any atom is 0.00101 e. The number of hydrogen-bond donors (Lipinski definition) is 0. The molecule has 0 spiro atoms. The first-order chi connectivity index (χ1) is 7.74. The van der Waals surface area contributed by atoms with Crippen LogP contribution in [0.1, 0.15) is 30.4 Å². The molecule has 0 N–H and O–H groups in total. The van der Waals surface area contributed by atoms with Gasteiger partial charge in [-0.3, -0.25) is 0 Å². The van der Waals surface area contributed by atoms with Crippen molar-refractivity contribution in [3.05, 3.63) is 35.4 Å². The minimum atomic E-state index is 1.09. The molecule has 1 nitrogen and oxygen atoms in total. The lowest BCUT2D eigenvalue weighted by Crippen LogP contribution is -2.25. The van der Waals surface area contributed by atoms with E-state index in [0.29, 0.717) is 0 Å². The Morgan fingerprint density at radius 1 is 1.06 bits per heavy atom. The zero-order valence-corrected chi connectivity index (χ0v) is 10.6. The zero-order chi connectivity index (χ0) is 11.4. The standard InChI is InChI=1S/C8H10.C7H13N/c1-7-4-3-5-8(2)6-7;1-2-7-3-5-8(4-1)6-7/h3-6H,1-2H3;7H,1-6H2. The molecule has 1 heteroatoms. The molecule has 0 radical (unpaired) electrons. The van der Waals surface area contributed by atoms with E-state index in [1.165, 1.54) is 50.0 Å². The number of hydrogen-bond acceptors (Lipinski definition) is 1. The number of nitrogens with zero attached hydrogens (tertiary/aromatic N) is 1. The van der Waals surface area contributed by atoms with Gasteiger partial charge in [0.1, 0.15) is 0 Å². The second kappa shape index (κ2) is 5.49. The molecule has 2 saturated heterocycles. The van der Waals surface area contributed by atoms with Gasteiger partial charge < -0.3 is 4.90 Å². The lowest BCUT2D eigenvalue weighted by atomic mass is 10.0. The van der Waals surface area contributed by atoms with Crippen molar-refractivity contribution in [1.29, 1.82) is 0 Å². The molecule has 2 fully saturated rings. The van der Waals surface area contributed by atoms with Gasteiger partial charge in [-0.15, -0.1) is 0 Å². The fourth-order valence-electron chi connectivity index (χ4n) is 2.76. The third kappa shape index (κ3) is 3.34. The first-order valence-corrected chi connectivity index (χ1v) is 6.49. The first-order valence-electron chi connectivity index (χ1n) is 6.49. The van der Waals surface area contributed by atoms with E-state index in [9.17, 15) is 0 Å². The Bertz CT molecular complexity index is 301. The Hall–Kier alpha value is -0.820. The molecular formula is C15H23N. The average molecular weight is 217 g/mol. The van der Waals surface area contributed by atoms with Crippen molar-refractivity contribution in [1.82, 2.24) is 4.90 Å². The topological polar surface area (TPSA) is 3.24 Å². The highest BCUT2D eigenvalue weighted by molar-refractivity contribution is 5.20. The molecule has 0 aliphatic carbocycles. The zero-order valence-electron chi connectivity index (χ0n) is 10.6. The summed E-state index contributed by atoms with van der Waals surface area (Å²) in [6.07, 6.45) is 4.46. The molecule has 0 saturated carbocycles. The van der Waals surface area contributed by atoms with E-state index in [1.807, 2.05) is 0 Å². The van der Waals surface area contributed by atoms with Gasteiger partial charge in [0.15, 0.2) is 0 Å². The van der Waals surface area contributed by atoms with Gasteiger partial charge in [-0.2, -0.15) is 0 Å². The lowest BCUT2D eigenvalue weighted by molar-refractivity contribution is 0.270. The van der Waals surface area contributed by atoms with Crippen LogP contribution in [0.5, 0.6) is 0 Å². The SMILES string of the molecule is C1CC2CCN(C1)C2.Cc1cccc(C)c1. The predicted molar refractivity (Wildman–Crippen MR) is 69.7 cm³/mol. The molecule has 2 unspecified atom stereocenters. The molecule has 88 valence electrons. The van der Waals surface area contributed by atoms with Crippen LogP contribution in [-0.2, 0) is 0 Å². The van der Waals surface area contributed by atoms with Crippen LogP contribution in [0.4, 0.5) is 0 Å². The molecule has 16 heavy (non-hydrogen) atoms. The van der Waals surface area contributed by atoms with Crippen LogP contribution < -0.4 is 0 Å². The number of piperidine rings is 1. The summed E-state index contributed by atoms with van der Waals surface area (Å²) in [5.41, 5.74) is 2.68. The van der Waals surface area contributed by atoms with Crippen LogP contribution >= 0.6 is 0 Å². The van der Waals surface area contributed by atoms with E-state index in [-0.39, 0.29) is 0 Å². The van der Waals surface area contributed by atoms with Crippen molar-refractivity contribution in [2.75, 3.05) is 19.6 Å². The van der Waals surface area contributed by atoms with E-state index in [2.05, 4.69) is 43.0 Å². The van der Waals surface area contributed by atoms with Gasteiger partial charge in [0.25, 0.3) is 0 Å². The summed E-state index contributed by atoms with van der Waals surface area (Å²) in [6, 6.07) is 8.45. The lowest BCUT2D eigenvalue weighted by Gasteiger charge is -2.20. The van der Waals surface area contributed by atoms with Crippen molar-refractivity contribution < 1.29 is 0 Å². The molecule has 2 bridgehead atoms. The molecule has 0 amide bonds.